The molecule has 0 spiro atoms. The fourth-order valence-electron chi connectivity index (χ4n) is 2.73. The second kappa shape index (κ2) is 5.59. The third-order valence-corrected chi connectivity index (χ3v) is 3.86. The van der Waals surface area contributed by atoms with Crippen LogP contribution in [0.3, 0.4) is 0 Å². The molecule has 1 aliphatic carbocycles. The fraction of sp³-hybridized carbons (Fsp3) is 0.857. The Bertz CT molecular complexity index is 409. The van der Waals surface area contributed by atoms with Crippen molar-refractivity contribution in [2.75, 3.05) is 6.61 Å². The van der Waals surface area contributed by atoms with Gasteiger partial charge in [-0.05, 0) is 33.6 Å². The van der Waals surface area contributed by atoms with Crippen LogP contribution in [0.1, 0.15) is 64.6 Å². The molecule has 5 heteroatoms. The Hall–Kier alpha value is -0.940. The van der Waals surface area contributed by atoms with Crippen LogP contribution in [0, 0.1) is 0 Å². The molecule has 0 unspecified atom stereocenters. The average molecular weight is 267 g/mol. The molecule has 19 heavy (non-hydrogen) atoms. The lowest BCUT2D eigenvalue weighted by atomic mass is 9.80. The minimum absolute atomic E-state index is 0.169. The van der Waals surface area contributed by atoms with Gasteiger partial charge in [-0.3, -0.25) is 0 Å². The van der Waals surface area contributed by atoms with Crippen LogP contribution in [-0.2, 0) is 16.8 Å². The van der Waals surface area contributed by atoms with Gasteiger partial charge >= 0.3 is 0 Å². The first-order valence-electron chi connectivity index (χ1n) is 7.21. The van der Waals surface area contributed by atoms with Crippen molar-refractivity contribution in [3.63, 3.8) is 0 Å². The molecule has 1 aliphatic rings. The van der Waals surface area contributed by atoms with Crippen LogP contribution in [0.15, 0.2) is 4.52 Å². The average Bonchev–Trinajstić information content (AvgIpc) is 2.78. The molecule has 0 aromatic carbocycles. The molecular formula is C14H25N3O2. The summed E-state index contributed by atoms with van der Waals surface area (Å²) in [5.74, 6) is 1.23. The van der Waals surface area contributed by atoms with Crippen molar-refractivity contribution in [1.29, 1.82) is 0 Å². The molecule has 1 aromatic rings. The van der Waals surface area contributed by atoms with Crippen molar-refractivity contribution in [2.24, 2.45) is 5.73 Å². The topological polar surface area (TPSA) is 74.2 Å². The van der Waals surface area contributed by atoms with Gasteiger partial charge in [0.2, 0.25) is 11.7 Å². The second-order valence-corrected chi connectivity index (χ2v) is 6.05. The zero-order valence-corrected chi connectivity index (χ0v) is 12.2. The van der Waals surface area contributed by atoms with Gasteiger partial charge in [-0.25, -0.2) is 0 Å². The Morgan fingerprint density at radius 1 is 1.32 bits per heavy atom. The van der Waals surface area contributed by atoms with E-state index in [1.165, 1.54) is 19.3 Å². The third kappa shape index (κ3) is 3.54. The van der Waals surface area contributed by atoms with E-state index < -0.39 is 5.60 Å². The monoisotopic (exact) mass is 267 g/mol. The standard InChI is InChI=1S/C14H25N3O2/c1-4-18-13(2,3)12-16-11(19-17-12)10-14(15)8-6-5-7-9-14/h4-10,15H2,1-3H3. The molecule has 1 fully saturated rings. The Morgan fingerprint density at radius 3 is 2.63 bits per heavy atom. The predicted molar refractivity (Wildman–Crippen MR) is 72.7 cm³/mol. The van der Waals surface area contributed by atoms with Crippen molar-refractivity contribution in [3.8, 4) is 0 Å². The minimum Gasteiger partial charge on any atom is -0.368 e. The van der Waals surface area contributed by atoms with Crippen LogP contribution < -0.4 is 5.73 Å². The molecule has 0 radical (unpaired) electrons. The van der Waals surface area contributed by atoms with E-state index >= 15 is 0 Å². The number of aromatic nitrogens is 2. The highest BCUT2D eigenvalue weighted by Crippen LogP contribution is 2.29. The summed E-state index contributed by atoms with van der Waals surface area (Å²) in [6, 6.07) is 0. The first-order valence-corrected chi connectivity index (χ1v) is 7.21. The Labute approximate surface area is 114 Å². The van der Waals surface area contributed by atoms with E-state index in [-0.39, 0.29) is 5.54 Å². The van der Waals surface area contributed by atoms with Crippen molar-refractivity contribution in [3.05, 3.63) is 11.7 Å². The molecular weight excluding hydrogens is 242 g/mol. The van der Waals surface area contributed by atoms with Gasteiger partial charge in [0.15, 0.2) is 0 Å². The quantitative estimate of drug-likeness (QED) is 0.887. The van der Waals surface area contributed by atoms with Gasteiger partial charge in [0, 0.05) is 18.6 Å². The summed E-state index contributed by atoms with van der Waals surface area (Å²) in [6.45, 7) is 6.48. The maximum atomic E-state index is 6.41. The predicted octanol–water partition coefficient (Wildman–Crippen LogP) is 2.55. The van der Waals surface area contributed by atoms with Gasteiger partial charge < -0.3 is 15.0 Å². The van der Waals surface area contributed by atoms with Gasteiger partial charge in [0.05, 0.1) is 0 Å². The van der Waals surface area contributed by atoms with Gasteiger partial charge in [0.1, 0.15) is 5.60 Å². The van der Waals surface area contributed by atoms with E-state index in [0.717, 1.165) is 12.8 Å². The Balaban J connectivity index is 2.04. The molecule has 0 bridgehead atoms. The summed E-state index contributed by atoms with van der Waals surface area (Å²) in [6.07, 6.45) is 6.43. The summed E-state index contributed by atoms with van der Waals surface area (Å²) in [7, 11) is 0. The number of nitrogens with zero attached hydrogens (tertiary/aromatic N) is 2. The summed E-state index contributed by atoms with van der Waals surface area (Å²) in [5, 5.41) is 4.04. The van der Waals surface area contributed by atoms with E-state index in [2.05, 4.69) is 10.1 Å². The SMILES string of the molecule is CCOC(C)(C)c1noc(CC2(N)CCCCC2)n1. The first-order chi connectivity index (χ1) is 8.95. The summed E-state index contributed by atoms with van der Waals surface area (Å²) in [5.41, 5.74) is 5.73. The lowest BCUT2D eigenvalue weighted by Crippen LogP contribution is -2.43. The highest BCUT2D eigenvalue weighted by Gasteiger charge is 2.32. The molecule has 0 amide bonds. The zero-order chi connectivity index (χ0) is 13.9. The molecule has 2 rings (SSSR count). The molecule has 108 valence electrons. The number of hydrogen-bond acceptors (Lipinski definition) is 5. The number of ether oxygens (including phenoxy) is 1. The number of rotatable bonds is 5. The van der Waals surface area contributed by atoms with Crippen molar-refractivity contribution in [2.45, 2.75) is 70.4 Å². The molecule has 0 aliphatic heterocycles. The summed E-state index contributed by atoms with van der Waals surface area (Å²) >= 11 is 0. The highest BCUT2D eigenvalue weighted by atomic mass is 16.5. The van der Waals surface area contributed by atoms with E-state index in [9.17, 15) is 0 Å². The largest absolute Gasteiger partial charge is 0.368 e. The molecule has 5 nitrogen and oxygen atoms in total. The minimum atomic E-state index is -0.509. The maximum absolute atomic E-state index is 6.41. The third-order valence-electron chi connectivity index (χ3n) is 3.86. The van der Waals surface area contributed by atoms with E-state index in [0.29, 0.717) is 24.7 Å². The molecule has 1 saturated carbocycles. The van der Waals surface area contributed by atoms with Crippen LogP contribution >= 0.6 is 0 Å². The van der Waals surface area contributed by atoms with E-state index in [4.69, 9.17) is 15.0 Å². The van der Waals surface area contributed by atoms with Crippen LogP contribution in [0.4, 0.5) is 0 Å². The molecule has 1 heterocycles. The van der Waals surface area contributed by atoms with Crippen LogP contribution in [0.2, 0.25) is 0 Å². The normalized spacial score (nSPS) is 19.6. The lowest BCUT2D eigenvalue weighted by Gasteiger charge is -2.31. The van der Waals surface area contributed by atoms with Gasteiger partial charge in [-0.2, -0.15) is 4.98 Å². The zero-order valence-electron chi connectivity index (χ0n) is 12.2. The molecule has 1 aromatic heterocycles. The maximum Gasteiger partial charge on any atom is 0.228 e. The Morgan fingerprint density at radius 2 is 2.00 bits per heavy atom. The fourth-order valence-corrected chi connectivity index (χ4v) is 2.73. The summed E-state index contributed by atoms with van der Waals surface area (Å²) < 4.78 is 11.0. The van der Waals surface area contributed by atoms with Crippen molar-refractivity contribution >= 4 is 0 Å². The smallest absolute Gasteiger partial charge is 0.228 e. The van der Waals surface area contributed by atoms with E-state index in [1.807, 2.05) is 20.8 Å². The summed E-state index contributed by atoms with van der Waals surface area (Å²) in [4.78, 5) is 4.46. The van der Waals surface area contributed by atoms with Crippen molar-refractivity contribution < 1.29 is 9.26 Å². The molecule has 0 atom stereocenters. The van der Waals surface area contributed by atoms with Gasteiger partial charge in [-0.15, -0.1) is 0 Å². The number of nitrogens with two attached hydrogens (primary N) is 1. The lowest BCUT2D eigenvalue weighted by molar-refractivity contribution is -0.0221. The van der Waals surface area contributed by atoms with Crippen molar-refractivity contribution in [1.82, 2.24) is 10.1 Å². The second-order valence-electron chi connectivity index (χ2n) is 6.05. The van der Waals surface area contributed by atoms with E-state index in [1.54, 1.807) is 0 Å². The number of hydrogen-bond donors (Lipinski definition) is 1. The van der Waals surface area contributed by atoms with Crippen LogP contribution in [0.5, 0.6) is 0 Å². The molecule has 0 saturated heterocycles. The Kier molecular flexibility index (Phi) is 4.26. The molecule has 2 N–H and O–H groups in total. The van der Waals surface area contributed by atoms with Crippen LogP contribution in [-0.4, -0.2) is 22.3 Å². The van der Waals surface area contributed by atoms with Gasteiger partial charge in [-0.1, -0.05) is 24.4 Å². The van der Waals surface area contributed by atoms with Crippen LogP contribution in [0.25, 0.3) is 0 Å². The van der Waals surface area contributed by atoms with Gasteiger partial charge in [0.25, 0.3) is 0 Å². The highest BCUT2D eigenvalue weighted by molar-refractivity contribution is 5.01. The first kappa shape index (κ1) is 14.5.